The molecule has 7 nitrogen and oxygen atoms in total. The van der Waals surface area contributed by atoms with Crippen LogP contribution in [0.3, 0.4) is 0 Å². The van der Waals surface area contributed by atoms with Crippen LogP contribution in [0, 0.1) is 0 Å². The molecule has 2 rings (SSSR count). The minimum atomic E-state index is -0.696. The molecule has 0 aliphatic carbocycles. The van der Waals surface area contributed by atoms with E-state index >= 15 is 0 Å². The number of nitrogens with zero attached hydrogens (tertiary/aromatic N) is 1. The summed E-state index contributed by atoms with van der Waals surface area (Å²) in [5, 5.41) is 3.08. The third-order valence-corrected chi connectivity index (χ3v) is 2.60. The molecule has 1 aliphatic heterocycles. The number of nitrogens with two attached hydrogens (primary N) is 1. The van der Waals surface area contributed by atoms with Crippen LogP contribution in [0.2, 0.25) is 0 Å². The standard InChI is InChI=1S/C12H13N3O4/c1-7(14-12(13)18)6-19-15-10(16)8-4-2-3-5-9(8)11(15)17/h2-5,7H,6H2,1H3,(H3,13,14,18). The molecule has 1 heterocycles. The zero-order valence-corrected chi connectivity index (χ0v) is 10.3. The van der Waals surface area contributed by atoms with Crippen molar-refractivity contribution in [3.05, 3.63) is 35.4 Å². The predicted octanol–water partition coefficient (Wildman–Crippen LogP) is 0.271. The van der Waals surface area contributed by atoms with Gasteiger partial charge in [0.2, 0.25) is 0 Å². The van der Waals surface area contributed by atoms with Crippen molar-refractivity contribution in [2.75, 3.05) is 6.61 Å². The number of hydrogen-bond donors (Lipinski definition) is 2. The van der Waals surface area contributed by atoms with Gasteiger partial charge in [-0.05, 0) is 19.1 Å². The molecule has 1 atom stereocenters. The Morgan fingerprint density at radius 3 is 2.32 bits per heavy atom. The molecule has 0 bridgehead atoms. The summed E-state index contributed by atoms with van der Waals surface area (Å²) in [6, 6.07) is 5.35. The van der Waals surface area contributed by atoms with Crippen molar-refractivity contribution >= 4 is 17.8 Å². The van der Waals surface area contributed by atoms with Gasteiger partial charge in [0.05, 0.1) is 23.8 Å². The highest BCUT2D eigenvalue weighted by atomic mass is 16.7. The Kier molecular flexibility index (Phi) is 3.48. The first-order valence-corrected chi connectivity index (χ1v) is 5.67. The van der Waals surface area contributed by atoms with Crippen molar-refractivity contribution < 1.29 is 19.2 Å². The molecule has 0 saturated carbocycles. The summed E-state index contributed by atoms with van der Waals surface area (Å²) >= 11 is 0. The third-order valence-electron chi connectivity index (χ3n) is 2.60. The second kappa shape index (κ2) is 5.07. The quantitative estimate of drug-likeness (QED) is 0.761. The first-order valence-electron chi connectivity index (χ1n) is 5.67. The van der Waals surface area contributed by atoms with Crippen LogP contribution in [0.15, 0.2) is 24.3 Å². The molecule has 0 spiro atoms. The van der Waals surface area contributed by atoms with Gasteiger partial charge in [0.1, 0.15) is 0 Å². The van der Waals surface area contributed by atoms with Crippen molar-refractivity contribution in [1.29, 1.82) is 0 Å². The lowest BCUT2D eigenvalue weighted by molar-refractivity contribution is -0.0955. The van der Waals surface area contributed by atoms with Gasteiger partial charge in [-0.25, -0.2) is 4.79 Å². The number of imide groups is 1. The summed E-state index contributed by atoms with van der Waals surface area (Å²) in [6.07, 6.45) is 0. The minimum absolute atomic E-state index is 0.0333. The maximum absolute atomic E-state index is 11.9. The molecule has 4 amide bonds. The molecule has 100 valence electrons. The fraction of sp³-hybridized carbons (Fsp3) is 0.250. The van der Waals surface area contributed by atoms with Crippen LogP contribution in [0.5, 0.6) is 0 Å². The minimum Gasteiger partial charge on any atom is -0.352 e. The number of benzene rings is 1. The van der Waals surface area contributed by atoms with Crippen molar-refractivity contribution in [2.24, 2.45) is 5.73 Å². The summed E-state index contributed by atoms with van der Waals surface area (Å²) in [6.45, 7) is 1.61. The first-order chi connectivity index (χ1) is 9.00. The number of carbonyl (C=O) groups excluding carboxylic acids is 3. The topological polar surface area (TPSA) is 102 Å². The van der Waals surface area contributed by atoms with Crippen LogP contribution >= 0.6 is 0 Å². The number of fused-ring (bicyclic) bond motifs is 1. The normalized spacial score (nSPS) is 15.3. The molecule has 1 aromatic rings. The Hall–Kier alpha value is -2.41. The van der Waals surface area contributed by atoms with E-state index in [9.17, 15) is 14.4 Å². The summed E-state index contributed by atoms with van der Waals surface area (Å²) < 4.78 is 0. The molecule has 0 saturated heterocycles. The lowest BCUT2D eigenvalue weighted by atomic mass is 10.1. The predicted molar refractivity (Wildman–Crippen MR) is 65.1 cm³/mol. The van der Waals surface area contributed by atoms with Crippen LogP contribution in [0.4, 0.5) is 4.79 Å². The number of hydroxylamine groups is 2. The lowest BCUT2D eigenvalue weighted by Gasteiger charge is -2.17. The van der Waals surface area contributed by atoms with E-state index in [0.29, 0.717) is 16.2 Å². The van der Waals surface area contributed by atoms with Gasteiger partial charge in [-0.1, -0.05) is 12.1 Å². The highest BCUT2D eigenvalue weighted by Crippen LogP contribution is 2.22. The van der Waals surface area contributed by atoms with Gasteiger partial charge < -0.3 is 11.1 Å². The zero-order chi connectivity index (χ0) is 14.0. The molecular weight excluding hydrogens is 250 g/mol. The molecular formula is C12H13N3O4. The third kappa shape index (κ3) is 2.55. The summed E-state index contributed by atoms with van der Waals surface area (Å²) in [7, 11) is 0. The highest BCUT2D eigenvalue weighted by Gasteiger charge is 2.36. The van der Waals surface area contributed by atoms with Gasteiger partial charge in [0.15, 0.2) is 0 Å². The van der Waals surface area contributed by atoms with E-state index in [1.165, 1.54) is 0 Å². The zero-order valence-electron chi connectivity index (χ0n) is 10.3. The van der Waals surface area contributed by atoms with Gasteiger partial charge >= 0.3 is 6.03 Å². The molecule has 0 fully saturated rings. The smallest absolute Gasteiger partial charge is 0.312 e. The van der Waals surface area contributed by atoms with Crippen LogP contribution in [-0.2, 0) is 4.84 Å². The molecule has 1 unspecified atom stereocenters. The number of nitrogens with one attached hydrogen (secondary N) is 1. The monoisotopic (exact) mass is 263 g/mol. The number of carbonyl (C=O) groups is 3. The largest absolute Gasteiger partial charge is 0.352 e. The van der Waals surface area contributed by atoms with Crippen LogP contribution in [0.1, 0.15) is 27.6 Å². The Labute approximate surface area is 109 Å². The molecule has 3 N–H and O–H groups in total. The van der Waals surface area contributed by atoms with Crippen LogP contribution in [0.25, 0.3) is 0 Å². The van der Waals surface area contributed by atoms with E-state index in [4.69, 9.17) is 10.6 Å². The molecule has 0 radical (unpaired) electrons. The van der Waals surface area contributed by atoms with Gasteiger partial charge in [-0.3, -0.25) is 14.4 Å². The van der Waals surface area contributed by atoms with Crippen molar-refractivity contribution in [1.82, 2.24) is 10.4 Å². The molecule has 0 aromatic heterocycles. The Morgan fingerprint density at radius 2 is 1.84 bits per heavy atom. The Balaban J connectivity index is 2.02. The summed E-state index contributed by atoms with van der Waals surface area (Å²) in [4.78, 5) is 39.6. The lowest BCUT2D eigenvalue weighted by Crippen LogP contribution is -2.42. The van der Waals surface area contributed by atoms with E-state index in [-0.39, 0.29) is 6.61 Å². The van der Waals surface area contributed by atoms with Gasteiger partial charge in [-0.2, -0.15) is 0 Å². The van der Waals surface area contributed by atoms with E-state index in [0.717, 1.165) is 0 Å². The second-order valence-electron chi connectivity index (χ2n) is 4.16. The summed E-state index contributed by atoms with van der Waals surface area (Å²) in [5.74, 6) is -1.02. The van der Waals surface area contributed by atoms with Crippen LogP contribution < -0.4 is 11.1 Å². The van der Waals surface area contributed by atoms with E-state index in [1.54, 1.807) is 31.2 Å². The SMILES string of the molecule is CC(CON1C(=O)c2ccccc2C1=O)NC(N)=O. The van der Waals surface area contributed by atoms with Crippen LogP contribution in [-0.4, -0.2) is 35.6 Å². The van der Waals surface area contributed by atoms with E-state index in [1.807, 2.05) is 0 Å². The fourth-order valence-electron chi connectivity index (χ4n) is 1.76. The second-order valence-corrected chi connectivity index (χ2v) is 4.16. The number of urea groups is 1. The molecule has 7 heteroatoms. The number of amides is 4. The summed E-state index contributed by atoms with van der Waals surface area (Å²) in [5.41, 5.74) is 5.56. The average molecular weight is 263 g/mol. The Morgan fingerprint density at radius 1 is 1.32 bits per heavy atom. The van der Waals surface area contributed by atoms with E-state index in [2.05, 4.69) is 5.32 Å². The maximum atomic E-state index is 11.9. The van der Waals surface area contributed by atoms with Crippen molar-refractivity contribution in [3.8, 4) is 0 Å². The average Bonchev–Trinajstić information content (AvgIpc) is 2.60. The first kappa shape index (κ1) is 13.0. The van der Waals surface area contributed by atoms with Crippen molar-refractivity contribution in [2.45, 2.75) is 13.0 Å². The maximum Gasteiger partial charge on any atom is 0.312 e. The van der Waals surface area contributed by atoms with Gasteiger partial charge in [-0.15, -0.1) is 5.06 Å². The van der Waals surface area contributed by atoms with Crippen molar-refractivity contribution in [3.63, 3.8) is 0 Å². The van der Waals surface area contributed by atoms with Gasteiger partial charge in [0, 0.05) is 0 Å². The van der Waals surface area contributed by atoms with E-state index < -0.39 is 23.9 Å². The van der Waals surface area contributed by atoms with Gasteiger partial charge in [0.25, 0.3) is 11.8 Å². The molecule has 1 aliphatic rings. The molecule has 19 heavy (non-hydrogen) atoms. The highest BCUT2D eigenvalue weighted by molar-refractivity contribution is 6.20. The number of hydrogen-bond acceptors (Lipinski definition) is 4. The fourth-order valence-corrected chi connectivity index (χ4v) is 1.76. The number of rotatable bonds is 4. The molecule has 1 aromatic carbocycles. The Bertz CT molecular complexity index is 509. The number of primary amides is 1.